The molecule has 0 aliphatic heterocycles. The Morgan fingerprint density at radius 1 is 0.541 bits per heavy atom. The molecule has 0 amide bonds. The molecule has 6 aromatic carbocycles. The number of fused-ring (bicyclic) bond motifs is 5. The first-order chi connectivity index (χ1) is 58.2. The first-order valence-corrected chi connectivity index (χ1v) is 54.1. The molecule has 11 aromatic rings. The predicted molar refractivity (Wildman–Crippen MR) is 534 cm³/mol. The molecule has 1 unspecified atom stereocenters. The summed E-state index contributed by atoms with van der Waals surface area (Å²) in [6, 6.07) is 33.5. The first-order valence-electron chi connectivity index (χ1n) is 40.2. The maximum Gasteiger partial charge on any atom is 1.00 e. The van der Waals surface area contributed by atoms with Crippen LogP contribution in [-0.4, -0.2) is 79.4 Å². The van der Waals surface area contributed by atoms with Gasteiger partial charge in [0.15, 0.2) is 0 Å². The minimum absolute atomic E-state index is 0. The van der Waals surface area contributed by atoms with Crippen LogP contribution in [0.4, 0.5) is 4.39 Å². The zero-order chi connectivity index (χ0) is 90.3. The second kappa shape index (κ2) is 59.4. The van der Waals surface area contributed by atoms with E-state index in [1.54, 1.807) is 48.5 Å². The molecule has 5 heterocycles. The van der Waals surface area contributed by atoms with Crippen LogP contribution in [0.15, 0.2) is 158 Å². The van der Waals surface area contributed by atoms with Gasteiger partial charge >= 0.3 is 35.5 Å². The van der Waals surface area contributed by atoms with Crippen molar-refractivity contribution in [2.75, 3.05) is 7.15 Å². The van der Waals surface area contributed by atoms with Gasteiger partial charge in [0, 0.05) is 122 Å². The molecule has 14 rings (SSSR count). The Morgan fingerprint density at radius 2 is 0.902 bits per heavy atom. The molecule has 7 N–H and O–H groups in total. The summed E-state index contributed by atoms with van der Waals surface area (Å²) in [6.07, 6.45) is 27.2. The number of pyridine rings is 5. The maximum atomic E-state index is 13.3. The molecule has 0 saturated heterocycles. The van der Waals surface area contributed by atoms with Crippen molar-refractivity contribution < 1.29 is 69.5 Å². The Hall–Kier alpha value is -2.90. The van der Waals surface area contributed by atoms with Crippen molar-refractivity contribution in [3.63, 3.8) is 0 Å². The van der Waals surface area contributed by atoms with E-state index in [0.717, 1.165) is 172 Å². The van der Waals surface area contributed by atoms with E-state index in [9.17, 15) is 37.7 Å². The second-order valence-corrected chi connectivity index (χ2v) is 52.1. The molecule has 34 heteroatoms. The summed E-state index contributed by atoms with van der Waals surface area (Å²) in [5.41, 5.74) is 7.93. The van der Waals surface area contributed by atoms with Gasteiger partial charge in [0.1, 0.15) is 14.4 Å². The van der Waals surface area contributed by atoms with Gasteiger partial charge in [0.05, 0.1) is 46.4 Å². The van der Waals surface area contributed by atoms with Gasteiger partial charge in [-0.15, -0.1) is 11.8 Å². The summed E-state index contributed by atoms with van der Waals surface area (Å²) in [5, 5.41) is 35.1. The molecule has 16 nitrogen and oxygen atoms in total. The van der Waals surface area contributed by atoms with Gasteiger partial charge in [-0.05, 0) is 267 Å². The Labute approximate surface area is 828 Å². The van der Waals surface area contributed by atoms with Crippen LogP contribution in [-0.2, 0) is 65.2 Å². The largest absolute Gasteiger partial charge is 1.00 e. The van der Waals surface area contributed by atoms with E-state index >= 15 is 0 Å². The molecule has 3 aliphatic carbocycles. The number of nitrogens with one attached hydrogen (secondary N) is 4. The quantitative estimate of drug-likeness (QED) is 0.0126. The number of alkyl halides is 1. The molecule has 0 radical (unpaired) electrons. The Balaban J connectivity index is 0.000000300. The van der Waals surface area contributed by atoms with Gasteiger partial charge in [-0.2, -0.15) is 10.5 Å². The van der Waals surface area contributed by atoms with Crippen LogP contribution in [0.25, 0.3) is 54.5 Å². The summed E-state index contributed by atoms with van der Waals surface area (Å²) >= 11 is 62.9. The number of aromatic nitrogens is 5. The fraction of sp³-hybridized carbons (Fsp3) is 0.398. The van der Waals surface area contributed by atoms with Gasteiger partial charge < -0.3 is 42.8 Å². The van der Waals surface area contributed by atoms with Crippen LogP contribution in [0.3, 0.4) is 0 Å². The average molecular weight is 2270 g/mol. The molecule has 0 spiro atoms. The number of H-pyrrole nitrogens is 4. The van der Waals surface area contributed by atoms with Crippen LogP contribution in [0.5, 0.6) is 5.75 Å². The Kier molecular flexibility index (Phi) is 53.4. The number of nitrogens with zero attached hydrogens (tertiary/aromatic N) is 1. The van der Waals surface area contributed by atoms with Crippen LogP contribution in [0.1, 0.15) is 210 Å². The summed E-state index contributed by atoms with van der Waals surface area (Å²) in [6.45, 7) is 11.4. The van der Waals surface area contributed by atoms with Gasteiger partial charge in [-0.1, -0.05) is 213 Å². The summed E-state index contributed by atoms with van der Waals surface area (Å²) in [7, 11) is -2.15. The molecule has 3 aliphatic rings. The number of rotatable bonds is 15. The van der Waals surface area contributed by atoms with Crippen molar-refractivity contribution in [2.24, 2.45) is 0 Å². The zero-order valence-corrected chi connectivity index (χ0v) is 88.1. The molecule has 658 valence electrons. The van der Waals surface area contributed by atoms with Crippen molar-refractivity contribution in [2.45, 2.75) is 228 Å². The first kappa shape index (κ1) is 110. The number of carboxylic acids is 1. The number of carboxylic acid groups (broad SMARTS) is 1. The number of hydrogen-bond acceptors (Lipinski definition) is 13. The molecular weight excluding hydrogens is 2160 g/mol. The minimum atomic E-state index is -1.15. The monoisotopic (exact) mass is 2260 g/mol. The van der Waals surface area contributed by atoms with Crippen LogP contribution < -0.4 is 51.8 Å². The van der Waals surface area contributed by atoms with Crippen LogP contribution in [0, 0.1) is 0 Å². The average Bonchev–Trinajstić information content (AvgIpc) is 0.770. The van der Waals surface area contributed by atoms with E-state index in [0.29, 0.717) is 65.5 Å². The van der Waals surface area contributed by atoms with Crippen molar-refractivity contribution >= 4 is 270 Å². The molecule has 0 bridgehead atoms. The minimum Gasteiger partial charge on any atom is -0.789 e. The molecule has 3 saturated carbocycles. The van der Waals surface area contributed by atoms with Gasteiger partial charge in [0.25, 0.3) is 28.2 Å². The molecular formula is C88H100Br6Cl6FN5NaO11PS3. The second-order valence-electron chi connectivity index (χ2n) is 28.2. The standard InChI is InChI=1S/C18H22ClNO2S.C18H22ClNOS.C12H10Br2ClN.C12H11BrClNO.C12H12ClNO2.C7H5ClO3.C6H12S.C2H4O2.CH3F.Br3P.Na/c1-2-6-14-17(23(22)13-7-4-3-5-8-13)15-11-12(19)9-10-16(15)20-18(14)21;1-2-6-14-17(22-13-7-4-3-5-8-13)15-11-12(19)9-10-16(15)20-18(14)21;1-2-3-8-11(13)9-6-7(15)4-5-10(9)16-12(8)14;1-2-3-8-11(13)9-6-7(14)4-5-10(9)15-12(8)16;1-2-3-8-11(15)9-6-7(13)4-5-10(9)14-12(8)16;8-6-3-1-2-5(4-6)7(9)11-10;7-6-4-2-1-3-5-6;1-2(3)4;1-2;1-4(2)3;/h9-11,13H,2-8H2,1H3,(H,20,21);9-11,13H,2-8H2,1H3,(H,20,21);4-6H,2-3H2,1H3;4-6H,2-3H2,1H3,(H,15,16);4-6H,2-3H2,1H3,(H2,14,15,16);1-4,10H;6-7H,1-5H2;1H3,(H,3,4);1H3;;/q;;;;;;;;;;+1/p-1/i;;;;;;;;1D;;. The number of carbonyl (C=O) groups excluding carboxylic acids is 1. The molecule has 5 aromatic heterocycles. The van der Waals surface area contributed by atoms with E-state index < -0.39 is 29.9 Å². The zero-order valence-electron chi connectivity index (χ0n) is 69.7. The van der Waals surface area contributed by atoms with Gasteiger partial charge in [-0.25, -0.2) is 9.78 Å². The summed E-state index contributed by atoms with van der Waals surface area (Å²) < 4.78 is 31.5. The number of hydrogen-bond donors (Lipinski definition) is 7. The van der Waals surface area contributed by atoms with Crippen LogP contribution in [0.2, 0.25) is 30.1 Å². The van der Waals surface area contributed by atoms with Crippen molar-refractivity contribution in [3.8, 4) is 5.75 Å². The Morgan fingerprint density at radius 3 is 1.38 bits per heavy atom. The SMILES string of the molecule is BrP(Br)Br.CC(=O)O.CCCc1c(Br)c2cc(Cl)ccc2[nH]c1=O.CCCc1c(Br)nc2ccc(Cl)cc2c1Br.CCCc1c(O)c2cc(Cl)ccc2[nH]c1=O.CCCc1c(S(=O)C2CCCCC2)c2cc(Cl)ccc2[nH]c1=O.CCCc1c(SC2CCCCC2)c2cc(Cl)ccc2[nH]c1=O.O=C(OO)c1cccc(Cl)c1.[2H]CF.[Na+].[S-]C1CCCCC1. The summed E-state index contributed by atoms with van der Waals surface area (Å²) in [4.78, 5) is 89.5. The van der Waals surface area contributed by atoms with Crippen molar-refractivity contribution in [3.05, 3.63) is 234 Å². The Bertz CT molecular complexity index is 5410. The van der Waals surface area contributed by atoms with E-state index in [1.807, 2.05) is 87.1 Å². The third-order valence-corrected chi connectivity index (χ3v) is 26.9. The molecule has 1 atom stereocenters. The van der Waals surface area contributed by atoms with E-state index in [1.165, 1.54) is 88.3 Å². The van der Waals surface area contributed by atoms with E-state index in [2.05, 4.69) is 138 Å². The number of halogens is 13. The van der Waals surface area contributed by atoms with E-state index in [-0.39, 0.29) is 72.4 Å². The maximum absolute atomic E-state index is 13.3. The molecule has 3 fully saturated rings. The number of carbonyl (C=O) groups is 2. The molecule has 122 heavy (non-hydrogen) atoms. The van der Waals surface area contributed by atoms with Crippen molar-refractivity contribution in [1.29, 1.82) is 0 Å². The fourth-order valence-electron chi connectivity index (χ4n) is 13.6. The fourth-order valence-corrected chi connectivity index (χ4v) is 20.7. The third kappa shape index (κ3) is 36.1. The summed E-state index contributed by atoms with van der Waals surface area (Å²) in [5.74, 6) is -1.60. The topological polar surface area (TPSA) is 265 Å². The normalized spacial score (nSPS) is 13.5. The number of aromatic amines is 4. The number of aliphatic carboxylic acids is 1. The van der Waals surface area contributed by atoms with Crippen molar-refractivity contribution in [1.82, 2.24) is 24.9 Å². The van der Waals surface area contributed by atoms with Gasteiger partial charge in [-0.3, -0.25) is 37.5 Å². The number of aromatic hydroxyl groups is 1. The third-order valence-electron chi connectivity index (χ3n) is 19.1. The number of benzene rings is 6. The predicted octanol–water partition coefficient (Wildman–Crippen LogP) is 27.1. The van der Waals surface area contributed by atoms with Gasteiger partial charge in [0.2, 0.25) is 0 Å². The number of thioether (sulfide) groups is 1. The van der Waals surface area contributed by atoms with E-state index in [4.69, 9.17) is 98.8 Å². The smallest absolute Gasteiger partial charge is 0.789 e. The van der Waals surface area contributed by atoms with Crippen LogP contribution >= 0.6 is 180 Å².